The van der Waals surface area contributed by atoms with Crippen molar-refractivity contribution in [3.8, 4) is 17.0 Å². The molecule has 0 saturated carbocycles. The van der Waals surface area contributed by atoms with Crippen LogP contribution in [0.4, 0.5) is 15.9 Å². The minimum absolute atomic E-state index is 0.0736. The number of anilines is 2. The predicted octanol–water partition coefficient (Wildman–Crippen LogP) is 3.85. The molecule has 3 heterocycles. The van der Waals surface area contributed by atoms with E-state index in [0.717, 1.165) is 42.0 Å². The van der Waals surface area contributed by atoms with Gasteiger partial charge in [0.05, 0.1) is 19.0 Å². The molecular weight excluding hydrogens is 447 g/mol. The summed E-state index contributed by atoms with van der Waals surface area (Å²) in [4.78, 5) is 25.9. The molecule has 5 rings (SSSR count). The number of nitrogens with one attached hydrogen (secondary N) is 1. The Morgan fingerprint density at radius 2 is 2.03 bits per heavy atom. The van der Waals surface area contributed by atoms with E-state index >= 15 is 0 Å². The first-order valence-electron chi connectivity index (χ1n) is 11.4. The fraction of sp³-hybridized carbons (Fsp3) is 0.269. The molecule has 0 fully saturated rings. The Bertz CT molecular complexity index is 1400. The molecule has 9 heteroatoms. The number of hydrogen-bond acceptors (Lipinski definition) is 6. The quantitative estimate of drug-likeness (QED) is 0.439. The monoisotopic (exact) mass is 474 g/mol. The maximum absolute atomic E-state index is 14.3. The van der Waals surface area contributed by atoms with E-state index in [1.54, 1.807) is 30.7 Å². The minimum Gasteiger partial charge on any atom is -0.494 e. The Hall–Kier alpha value is -3.98. The van der Waals surface area contributed by atoms with Gasteiger partial charge in [-0.05, 0) is 62.5 Å². The number of halogens is 1. The molecule has 0 spiro atoms. The van der Waals surface area contributed by atoms with Gasteiger partial charge in [-0.25, -0.2) is 14.4 Å². The first-order chi connectivity index (χ1) is 16.9. The molecule has 1 aliphatic rings. The first-order valence-corrected chi connectivity index (χ1v) is 11.4. The second-order valence-electron chi connectivity index (χ2n) is 8.80. The summed E-state index contributed by atoms with van der Waals surface area (Å²) < 4.78 is 21.2. The smallest absolute Gasteiger partial charge is 0.254 e. The van der Waals surface area contributed by atoms with Gasteiger partial charge in [0, 0.05) is 48.8 Å². The normalized spacial score (nSPS) is 13.4. The summed E-state index contributed by atoms with van der Waals surface area (Å²) in [5, 5.41) is 3.34. The maximum Gasteiger partial charge on any atom is 0.254 e. The number of imidazole rings is 1. The van der Waals surface area contributed by atoms with Crippen LogP contribution >= 0.6 is 0 Å². The van der Waals surface area contributed by atoms with Crippen LogP contribution in [-0.4, -0.2) is 70.9 Å². The van der Waals surface area contributed by atoms with Crippen molar-refractivity contribution in [3.05, 3.63) is 71.9 Å². The Labute approximate surface area is 203 Å². The summed E-state index contributed by atoms with van der Waals surface area (Å²) in [6.07, 6.45) is 5.96. The zero-order valence-corrected chi connectivity index (χ0v) is 20.0. The molecule has 0 bridgehead atoms. The number of aromatic nitrogens is 3. The highest BCUT2D eigenvalue weighted by Crippen LogP contribution is 2.29. The fourth-order valence-corrected chi connectivity index (χ4v) is 4.33. The number of nitrogens with zero attached hydrogens (tertiary/aromatic N) is 5. The molecule has 0 saturated heterocycles. The van der Waals surface area contributed by atoms with Crippen molar-refractivity contribution in [2.75, 3.05) is 46.2 Å². The second-order valence-corrected chi connectivity index (χ2v) is 8.80. The third-order valence-corrected chi connectivity index (χ3v) is 6.23. The van der Waals surface area contributed by atoms with Gasteiger partial charge in [0.15, 0.2) is 23.0 Å². The van der Waals surface area contributed by atoms with E-state index in [-0.39, 0.29) is 11.7 Å². The van der Waals surface area contributed by atoms with Crippen LogP contribution in [0.2, 0.25) is 0 Å². The van der Waals surface area contributed by atoms with Gasteiger partial charge in [0.2, 0.25) is 0 Å². The fourth-order valence-electron chi connectivity index (χ4n) is 4.33. The summed E-state index contributed by atoms with van der Waals surface area (Å²) in [6.45, 7) is 2.27. The molecule has 1 N–H and O–H groups in total. The van der Waals surface area contributed by atoms with Crippen molar-refractivity contribution < 1.29 is 13.9 Å². The Kier molecular flexibility index (Phi) is 6.08. The molecule has 2 aromatic carbocycles. The summed E-state index contributed by atoms with van der Waals surface area (Å²) in [6, 6.07) is 10.6. The van der Waals surface area contributed by atoms with Crippen LogP contribution in [-0.2, 0) is 6.42 Å². The van der Waals surface area contributed by atoms with E-state index in [1.807, 2.05) is 41.6 Å². The highest BCUT2D eigenvalue weighted by molar-refractivity contribution is 5.97. The molecule has 0 atom stereocenters. The van der Waals surface area contributed by atoms with Crippen LogP contribution in [0.15, 0.2) is 55.0 Å². The summed E-state index contributed by atoms with van der Waals surface area (Å²) in [7, 11) is 5.45. The van der Waals surface area contributed by atoms with Crippen molar-refractivity contribution >= 4 is 23.1 Å². The molecule has 0 aliphatic carbocycles. The van der Waals surface area contributed by atoms with Gasteiger partial charge in [-0.15, -0.1) is 0 Å². The average Bonchev–Trinajstić information content (AvgIpc) is 3.29. The summed E-state index contributed by atoms with van der Waals surface area (Å²) in [5.74, 6) is 0.404. The largest absolute Gasteiger partial charge is 0.494 e. The van der Waals surface area contributed by atoms with E-state index in [1.165, 1.54) is 13.2 Å². The highest BCUT2D eigenvalue weighted by atomic mass is 19.1. The molecule has 2 aromatic heterocycles. The predicted molar refractivity (Wildman–Crippen MR) is 133 cm³/mol. The third-order valence-electron chi connectivity index (χ3n) is 6.23. The standard InChI is InChI=1S/C26H27FN6O2/c1-31(2)12-13-32-10-8-17-14-19(5-6-20(17)26(32)34)30-24-25-29-16-22(33(25)11-9-28-24)18-4-7-23(35-3)21(27)15-18/h4-7,9,11,14-16H,8,10,12-13H2,1-3H3,(H,28,30). The Balaban J connectivity index is 1.40. The molecule has 8 nitrogen and oxygen atoms in total. The van der Waals surface area contributed by atoms with Crippen molar-refractivity contribution in [1.82, 2.24) is 24.2 Å². The molecule has 4 aromatic rings. The molecule has 0 unspecified atom stereocenters. The average molecular weight is 475 g/mol. The van der Waals surface area contributed by atoms with E-state index in [9.17, 15) is 9.18 Å². The number of fused-ring (bicyclic) bond motifs is 2. The van der Waals surface area contributed by atoms with E-state index < -0.39 is 5.82 Å². The second kappa shape index (κ2) is 9.34. The molecule has 1 amide bonds. The van der Waals surface area contributed by atoms with E-state index in [4.69, 9.17) is 4.74 Å². The first kappa shape index (κ1) is 22.8. The number of carbonyl (C=O) groups is 1. The van der Waals surface area contributed by atoms with Crippen molar-refractivity contribution in [1.29, 1.82) is 0 Å². The number of methoxy groups -OCH3 is 1. The number of carbonyl (C=O) groups excluding carboxylic acids is 1. The van der Waals surface area contributed by atoms with Gasteiger partial charge in [0.1, 0.15) is 0 Å². The lowest BCUT2D eigenvalue weighted by molar-refractivity contribution is 0.0729. The zero-order chi connectivity index (χ0) is 24.5. The van der Waals surface area contributed by atoms with E-state index in [2.05, 4.69) is 20.2 Å². The van der Waals surface area contributed by atoms with Crippen molar-refractivity contribution in [2.24, 2.45) is 0 Å². The van der Waals surface area contributed by atoms with Crippen LogP contribution in [0, 0.1) is 5.82 Å². The van der Waals surface area contributed by atoms with Gasteiger partial charge >= 0.3 is 0 Å². The third kappa shape index (κ3) is 4.42. The minimum atomic E-state index is -0.434. The van der Waals surface area contributed by atoms with Gasteiger partial charge < -0.3 is 19.9 Å². The molecule has 0 radical (unpaired) electrons. The number of hydrogen-bond donors (Lipinski definition) is 1. The van der Waals surface area contributed by atoms with Gasteiger partial charge in [-0.2, -0.15) is 0 Å². The van der Waals surface area contributed by atoms with Crippen LogP contribution < -0.4 is 10.1 Å². The molecular formula is C26H27FN6O2. The topological polar surface area (TPSA) is 75.0 Å². The van der Waals surface area contributed by atoms with Crippen molar-refractivity contribution in [3.63, 3.8) is 0 Å². The van der Waals surface area contributed by atoms with Gasteiger partial charge in [-0.3, -0.25) is 9.20 Å². The molecule has 180 valence electrons. The highest BCUT2D eigenvalue weighted by Gasteiger charge is 2.24. The maximum atomic E-state index is 14.3. The Morgan fingerprint density at radius 1 is 1.17 bits per heavy atom. The number of likely N-dealkylation sites (N-methyl/N-ethyl adjacent to an activating group) is 1. The number of amides is 1. The van der Waals surface area contributed by atoms with Crippen LogP contribution in [0.3, 0.4) is 0 Å². The molecule has 1 aliphatic heterocycles. The number of rotatable bonds is 7. The number of ether oxygens (including phenoxy) is 1. The lowest BCUT2D eigenvalue weighted by atomic mass is 9.98. The van der Waals surface area contributed by atoms with Crippen LogP contribution in [0.25, 0.3) is 16.9 Å². The molecule has 35 heavy (non-hydrogen) atoms. The lowest BCUT2D eigenvalue weighted by Crippen LogP contribution is -2.41. The Morgan fingerprint density at radius 3 is 2.80 bits per heavy atom. The summed E-state index contributed by atoms with van der Waals surface area (Å²) in [5.41, 5.74) is 4.63. The lowest BCUT2D eigenvalue weighted by Gasteiger charge is -2.29. The van der Waals surface area contributed by atoms with Gasteiger partial charge in [0.25, 0.3) is 5.91 Å². The summed E-state index contributed by atoms with van der Waals surface area (Å²) >= 11 is 0. The van der Waals surface area contributed by atoms with E-state index in [0.29, 0.717) is 23.6 Å². The zero-order valence-electron chi connectivity index (χ0n) is 20.0. The number of benzene rings is 2. The SMILES string of the molecule is COc1ccc(-c2cnc3c(Nc4ccc5c(c4)CCN(CCN(C)C)C5=O)nccn23)cc1F. The van der Waals surface area contributed by atoms with Crippen LogP contribution in [0.1, 0.15) is 15.9 Å². The van der Waals surface area contributed by atoms with Gasteiger partial charge in [-0.1, -0.05) is 0 Å². The van der Waals surface area contributed by atoms with Crippen molar-refractivity contribution in [2.45, 2.75) is 6.42 Å². The van der Waals surface area contributed by atoms with Crippen LogP contribution in [0.5, 0.6) is 5.75 Å².